The first-order valence-corrected chi connectivity index (χ1v) is 7.53. The van der Waals surface area contributed by atoms with Gasteiger partial charge in [-0.1, -0.05) is 30.3 Å². The van der Waals surface area contributed by atoms with E-state index in [0.717, 1.165) is 31.8 Å². The molecule has 2 aromatic heterocycles. The van der Waals surface area contributed by atoms with Crippen LogP contribution in [0.1, 0.15) is 29.3 Å². The molecule has 3 heterocycles. The van der Waals surface area contributed by atoms with E-state index < -0.39 is 0 Å². The average Bonchev–Trinajstić information content (AvgIpc) is 3.13. The number of aromatic nitrogens is 5. The van der Waals surface area contributed by atoms with E-state index in [2.05, 4.69) is 45.6 Å². The summed E-state index contributed by atoms with van der Waals surface area (Å²) < 4.78 is 3.92. The largest absolute Gasteiger partial charge is 0.366 e. The number of hydrogen-bond acceptors (Lipinski definition) is 4. The van der Waals surface area contributed by atoms with Gasteiger partial charge in [0, 0.05) is 19.2 Å². The van der Waals surface area contributed by atoms with Crippen molar-refractivity contribution in [3.63, 3.8) is 0 Å². The van der Waals surface area contributed by atoms with Crippen LogP contribution in [0.4, 0.5) is 5.95 Å². The van der Waals surface area contributed by atoms with Crippen molar-refractivity contribution in [3.05, 3.63) is 59.7 Å². The Kier molecular flexibility index (Phi) is 3.14. The molecule has 0 aliphatic carbocycles. The standard InChI is InChI=1S/C16H18N6/c17-16-19-15-8-13(6-7-22(15)20-16)14-9-18-21(11-14)10-12-4-2-1-3-5-12/h1-5,9,11,13H,6-8,10H2,(H2,17,20). The van der Waals surface area contributed by atoms with Crippen LogP contribution in [0, 0.1) is 0 Å². The van der Waals surface area contributed by atoms with Gasteiger partial charge in [0.2, 0.25) is 5.95 Å². The smallest absolute Gasteiger partial charge is 0.239 e. The SMILES string of the molecule is Nc1nc2n(n1)CCC(c1cnn(Cc3ccccc3)c1)C2. The van der Waals surface area contributed by atoms with E-state index in [4.69, 9.17) is 5.73 Å². The number of fused-ring (bicyclic) bond motifs is 1. The fraction of sp³-hybridized carbons (Fsp3) is 0.312. The van der Waals surface area contributed by atoms with Gasteiger partial charge in [-0.15, -0.1) is 5.10 Å². The monoisotopic (exact) mass is 294 g/mol. The summed E-state index contributed by atoms with van der Waals surface area (Å²) in [5, 5.41) is 8.70. The summed E-state index contributed by atoms with van der Waals surface area (Å²) in [6.45, 7) is 1.67. The highest BCUT2D eigenvalue weighted by Crippen LogP contribution is 2.28. The van der Waals surface area contributed by atoms with E-state index >= 15 is 0 Å². The van der Waals surface area contributed by atoms with Gasteiger partial charge < -0.3 is 5.73 Å². The molecule has 112 valence electrons. The first kappa shape index (κ1) is 13.1. The number of nitrogen functional groups attached to an aromatic ring is 1. The van der Waals surface area contributed by atoms with Crippen LogP contribution in [-0.2, 0) is 19.5 Å². The fourth-order valence-electron chi connectivity index (χ4n) is 3.06. The maximum atomic E-state index is 5.67. The zero-order valence-corrected chi connectivity index (χ0v) is 12.3. The zero-order valence-electron chi connectivity index (χ0n) is 12.3. The highest BCUT2D eigenvalue weighted by Gasteiger charge is 2.23. The van der Waals surface area contributed by atoms with E-state index in [-0.39, 0.29) is 0 Å². The summed E-state index contributed by atoms with van der Waals surface area (Å²) in [7, 11) is 0. The molecule has 0 amide bonds. The molecular weight excluding hydrogens is 276 g/mol. The van der Waals surface area contributed by atoms with Gasteiger partial charge in [0.05, 0.1) is 12.7 Å². The van der Waals surface area contributed by atoms with Crippen LogP contribution < -0.4 is 5.73 Å². The molecule has 1 aliphatic heterocycles. The first-order chi connectivity index (χ1) is 10.8. The lowest BCUT2D eigenvalue weighted by atomic mass is 9.92. The van der Waals surface area contributed by atoms with Crippen LogP contribution in [0.25, 0.3) is 0 Å². The Labute approximate surface area is 128 Å². The van der Waals surface area contributed by atoms with Crippen molar-refractivity contribution >= 4 is 5.95 Å². The van der Waals surface area contributed by atoms with Crippen molar-refractivity contribution in [2.24, 2.45) is 0 Å². The van der Waals surface area contributed by atoms with Crippen LogP contribution in [0.15, 0.2) is 42.7 Å². The molecule has 0 fully saturated rings. The van der Waals surface area contributed by atoms with Crippen LogP contribution in [0.2, 0.25) is 0 Å². The molecule has 0 bridgehead atoms. The lowest BCUT2D eigenvalue weighted by Crippen LogP contribution is -2.18. The summed E-state index contributed by atoms with van der Waals surface area (Å²) in [5.74, 6) is 1.79. The Morgan fingerprint density at radius 3 is 2.95 bits per heavy atom. The number of aryl methyl sites for hydroxylation is 1. The minimum absolute atomic E-state index is 0.371. The predicted octanol–water partition coefficient (Wildman–Crippen LogP) is 1.84. The minimum Gasteiger partial charge on any atom is -0.366 e. The molecule has 6 nitrogen and oxygen atoms in total. The predicted molar refractivity (Wildman–Crippen MR) is 83.3 cm³/mol. The molecular formula is C16H18N6. The van der Waals surface area contributed by atoms with Gasteiger partial charge in [-0.05, 0) is 23.5 Å². The summed E-state index contributed by atoms with van der Waals surface area (Å²) in [6.07, 6.45) is 6.05. The second-order valence-electron chi connectivity index (χ2n) is 5.76. The van der Waals surface area contributed by atoms with Crippen LogP contribution >= 0.6 is 0 Å². The number of rotatable bonds is 3. The lowest BCUT2D eigenvalue weighted by Gasteiger charge is -2.20. The molecule has 1 aliphatic rings. The minimum atomic E-state index is 0.371. The lowest BCUT2D eigenvalue weighted by molar-refractivity contribution is 0.434. The Hall–Kier alpha value is -2.63. The third-order valence-corrected chi connectivity index (χ3v) is 4.20. The van der Waals surface area contributed by atoms with Crippen LogP contribution in [0.5, 0.6) is 0 Å². The molecule has 22 heavy (non-hydrogen) atoms. The summed E-state index contributed by atoms with van der Waals surface area (Å²) in [4.78, 5) is 4.30. The molecule has 1 aromatic carbocycles. The van der Waals surface area contributed by atoms with E-state index in [1.54, 1.807) is 0 Å². The highest BCUT2D eigenvalue weighted by molar-refractivity contribution is 5.21. The molecule has 0 saturated heterocycles. The Morgan fingerprint density at radius 2 is 2.09 bits per heavy atom. The number of nitrogens with two attached hydrogens (primary N) is 1. The third kappa shape index (κ3) is 2.47. The maximum absolute atomic E-state index is 5.67. The van der Waals surface area contributed by atoms with E-state index in [1.807, 2.05) is 21.6 Å². The molecule has 4 rings (SSSR count). The van der Waals surface area contributed by atoms with Gasteiger partial charge in [-0.3, -0.25) is 4.68 Å². The quantitative estimate of drug-likeness (QED) is 0.799. The Balaban J connectivity index is 1.50. The van der Waals surface area contributed by atoms with E-state index in [1.165, 1.54) is 11.1 Å². The van der Waals surface area contributed by atoms with Crippen molar-refractivity contribution in [1.82, 2.24) is 24.5 Å². The van der Waals surface area contributed by atoms with Crippen molar-refractivity contribution < 1.29 is 0 Å². The van der Waals surface area contributed by atoms with E-state index in [9.17, 15) is 0 Å². The Bertz CT molecular complexity index is 773. The molecule has 6 heteroatoms. The third-order valence-electron chi connectivity index (χ3n) is 4.20. The zero-order chi connectivity index (χ0) is 14.9. The molecule has 0 spiro atoms. The van der Waals surface area contributed by atoms with Crippen LogP contribution in [0.3, 0.4) is 0 Å². The molecule has 0 saturated carbocycles. The second-order valence-corrected chi connectivity index (χ2v) is 5.76. The highest BCUT2D eigenvalue weighted by atomic mass is 15.4. The number of nitrogens with zero attached hydrogens (tertiary/aromatic N) is 5. The normalized spacial score (nSPS) is 17.4. The Morgan fingerprint density at radius 1 is 1.23 bits per heavy atom. The van der Waals surface area contributed by atoms with Crippen LogP contribution in [-0.4, -0.2) is 24.5 Å². The molecule has 1 atom stereocenters. The van der Waals surface area contributed by atoms with Crippen molar-refractivity contribution in [2.75, 3.05) is 5.73 Å². The van der Waals surface area contributed by atoms with E-state index in [0.29, 0.717) is 11.9 Å². The first-order valence-electron chi connectivity index (χ1n) is 7.53. The molecule has 3 aromatic rings. The van der Waals surface area contributed by atoms with Gasteiger partial charge >= 0.3 is 0 Å². The van der Waals surface area contributed by atoms with Gasteiger partial charge in [0.25, 0.3) is 0 Å². The topological polar surface area (TPSA) is 74.6 Å². The van der Waals surface area contributed by atoms with Crippen molar-refractivity contribution in [3.8, 4) is 0 Å². The van der Waals surface area contributed by atoms with Gasteiger partial charge in [-0.2, -0.15) is 10.1 Å². The summed E-state index contributed by atoms with van der Waals surface area (Å²) >= 11 is 0. The number of hydrogen-bond donors (Lipinski definition) is 1. The number of anilines is 1. The summed E-state index contributed by atoms with van der Waals surface area (Å²) in [5.41, 5.74) is 8.20. The second kappa shape index (κ2) is 5.29. The van der Waals surface area contributed by atoms with Crippen molar-refractivity contribution in [1.29, 1.82) is 0 Å². The number of benzene rings is 1. The van der Waals surface area contributed by atoms with Gasteiger partial charge in [0.1, 0.15) is 5.82 Å². The average molecular weight is 294 g/mol. The maximum Gasteiger partial charge on any atom is 0.239 e. The van der Waals surface area contributed by atoms with Gasteiger partial charge in [-0.25, -0.2) is 4.68 Å². The van der Waals surface area contributed by atoms with Gasteiger partial charge in [0.15, 0.2) is 0 Å². The molecule has 0 radical (unpaired) electrons. The molecule has 1 unspecified atom stereocenters. The van der Waals surface area contributed by atoms with Crippen molar-refractivity contribution in [2.45, 2.75) is 31.8 Å². The summed E-state index contributed by atoms with van der Waals surface area (Å²) in [6, 6.07) is 10.4. The fourth-order valence-corrected chi connectivity index (χ4v) is 3.06. The molecule has 2 N–H and O–H groups in total.